The van der Waals surface area contributed by atoms with Crippen LogP contribution in [0.1, 0.15) is 39.2 Å². The van der Waals surface area contributed by atoms with Crippen molar-refractivity contribution in [2.75, 3.05) is 0 Å². The molecule has 1 aromatic heterocycles. The van der Waals surface area contributed by atoms with Crippen LogP contribution in [0.4, 0.5) is 0 Å². The molecule has 0 aromatic carbocycles. The SMILES string of the molecule is CCCC(CC)n1cn[nH]c1=S. The van der Waals surface area contributed by atoms with Crippen LogP contribution in [0.3, 0.4) is 0 Å². The number of hydrogen-bond donors (Lipinski definition) is 1. The highest BCUT2D eigenvalue weighted by molar-refractivity contribution is 7.71. The predicted molar refractivity (Wildman–Crippen MR) is 51.6 cm³/mol. The molecule has 0 saturated heterocycles. The van der Waals surface area contributed by atoms with Gasteiger partial charge in [-0.05, 0) is 25.1 Å². The molecule has 1 rings (SSSR count). The molecule has 0 aliphatic heterocycles. The number of hydrogen-bond acceptors (Lipinski definition) is 2. The van der Waals surface area contributed by atoms with E-state index in [0.717, 1.165) is 11.2 Å². The first-order valence-electron chi connectivity index (χ1n) is 4.41. The van der Waals surface area contributed by atoms with Gasteiger partial charge in [0.1, 0.15) is 6.33 Å². The Kier molecular flexibility index (Phi) is 3.47. The standard InChI is InChI=1S/C8H15N3S/c1-3-5-7(4-2)11-6-9-10-8(11)12/h6-7H,3-5H2,1-2H3,(H,10,12). The van der Waals surface area contributed by atoms with Crippen LogP contribution in [0.5, 0.6) is 0 Å². The Morgan fingerprint density at radius 3 is 2.83 bits per heavy atom. The molecule has 3 nitrogen and oxygen atoms in total. The maximum Gasteiger partial charge on any atom is 0.195 e. The fourth-order valence-corrected chi connectivity index (χ4v) is 1.64. The van der Waals surface area contributed by atoms with Crippen LogP contribution in [0, 0.1) is 4.77 Å². The molecule has 1 heterocycles. The van der Waals surface area contributed by atoms with Crippen molar-refractivity contribution in [2.24, 2.45) is 0 Å². The van der Waals surface area contributed by atoms with E-state index in [1.54, 1.807) is 6.33 Å². The first-order valence-corrected chi connectivity index (χ1v) is 4.81. The highest BCUT2D eigenvalue weighted by Gasteiger charge is 2.07. The van der Waals surface area contributed by atoms with Gasteiger partial charge in [0.25, 0.3) is 0 Å². The Balaban J connectivity index is 2.79. The Morgan fingerprint density at radius 2 is 2.42 bits per heavy atom. The van der Waals surface area contributed by atoms with E-state index < -0.39 is 0 Å². The summed E-state index contributed by atoms with van der Waals surface area (Å²) in [6, 6.07) is 0.515. The summed E-state index contributed by atoms with van der Waals surface area (Å²) in [5, 5.41) is 6.68. The van der Waals surface area contributed by atoms with Gasteiger partial charge in [0.15, 0.2) is 4.77 Å². The van der Waals surface area contributed by atoms with Crippen LogP contribution in [0.15, 0.2) is 6.33 Å². The molecule has 0 aliphatic rings. The molecular weight excluding hydrogens is 170 g/mol. The quantitative estimate of drug-likeness (QED) is 0.732. The molecule has 0 saturated carbocycles. The van der Waals surface area contributed by atoms with Crippen molar-refractivity contribution in [3.8, 4) is 0 Å². The van der Waals surface area contributed by atoms with Gasteiger partial charge in [0, 0.05) is 6.04 Å². The Morgan fingerprint density at radius 1 is 1.67 bits per heavy atom. The minimum absolute atomic E-state index is 0.515. The highest BCUT2D eigenvalue weighted by atomic mass is 32.1. The first kappa shape index (κ1) is 9.45. The van der Waals surface area contributed by atoms with Crippen LogP contribution >= 0.6 is 12.2 Å². The third kappa shape index (κ3) is 1.94. The van der Waals surface area contributed by atoms with E-state index in [9.17, 15) is 0 Å². The molecule has 1 atom stereocenters. The van der Waals surface area contributed by atoms with Gasteiger partial charge in [-0.15, -0.1) is 0 Å². The fourth-order valence-electron chi connectivity index (χ4n) is 1.39. The first-order chi connectivity index (χ1) is 5.79. The lowest BCUT2D eigenvalue weighted by Crippen LogP contribution is -2.06. The lowest BCUT2D eigenvalue weighted by Gasteiger charge is -2.13. The topological polar surface area (TPSA) is 33.6 Å². The molecule has 0 radical (unpaired) electrons. The third-order valence-electron chi connectivity index (χ3n) is 2.06. The second-order valence-electron chi connectivity index (χ2n) is 2.92. The van der Waals surface area contributed by atoms with E-state index >= 15 is 0 Å². The maximum atomic E-state index is 5.09. The van der Waals surface area contributed by atoms with Crippen molar-refractivity contribution >= 4 is 12.2 Å². The lowest BCUT2D eigenvalue weighted by molar-refractivity contribution is 0.442. The molecule has 0 bridgehead atoms. The lowest BCUT2D eigenvalue weighted by atomic mass is 10.1. The predicted octanol–water partition coefficient (Wildman–Crippen LogP) is 2.69. The van der Waals surface area contributed by atoms with Crippen LogP contribution < -0.4 is 0 Å². The minimum Gasteiger partial charge on any atom is -0.304 e. The van der Waals surface area contributed by atoms with E-state index in [0.29, 0.717) is 6.04 Å². The summed E-state index contributed by atoms with van der Waals surface area (Å²) in [5.74, 6) is 0. The summed E-state index contributed by atoms with van der Waals surface area (Å²) < 4.78 is 2.77. The van der Waals surface area contributed by atoms with E-state index in [1.807, 2.05) is 4.57 Å². The molecule has 12 heavy (non-hydrogen) atoms. The molecule has 1 N–H and O–H groups in total. The second-order valence-corrected chi connectivity index (χ2v) is 3.31. The van der Waals surface area contributed by atoms with Gasteiger partial charge in [-0.1, -0.05) is 20.3 Å². The summed E-state index contributed by atoms with van der Waals surface area (Å²) in [6.07, 6.45) is 5.25. The monoisotopic (exact) mass is 185 g/mol. The van der Waals surface area contributed by atoms with Crippen molar-refractivity contribution in [2.45, 2.75) is 39.2 Å². The number of nitrogens with one attached hydrogen (secondary N) is 1. The summed E-state index contributed by atoms with van der Waals surface area (Å²) in [5.41, 5.74) is 0. The maximum absolute atomic E-state index is 5.09. The molecule has 1 unspecified atom stereocenters. The number of H-pyrrole nitrogens is 1. The summed E-state index contributed by atoms with van der Waals surface area (Å²) in [7, 11) is 0. The third-order valence-corrected chi connectivity index (χ3v) is 2.37. The largest absolute Gasteiger partial charge is 0.304 e. The zero-order valence-electron chi connectivity index (χ0n) is 7.58. The Hall–Kier alpha value is -0.640. The number of aromatic amines is 1. The number of aromatic nitrogens is 3. The van der Waals surface area contributed by atoms with E-state index in [1.165, 1.54) is 12.8 Å². The second kappa shape index (κ2) is 4.40. The van der Waals surface area contributed by atoms with Crippen molar-refractivity contribution in [1.29, 1.82) is 0 Å². The van der Waals surface area contributed by atoms with Gasteiger partial charge in [-0.2, -0.15) is 5.10 Å². The van der Waals surface area contributed by atoms with Crippen molar-refractivity contribution in [3.05, 3.63) is 11.1 Å². The Labute approximate surface area is 77.8 Å². The average Bonchev–Trinajstić information content (AvgIpc) is 2.47. The van der Waals surface area contributed by atoms with Gasteiger partial charge in [0.2, 0.25) is 0 Å². The normalized spacial score (nSPS) is 13.2. The van der Waals surface area contributed by atoms with Crippen molar-refractivity contribution < 1.29 is 0 Å². The van der Waals surface area contributed by atoms with Gasteiger partial charge in [0.05, 0.1) is 0 Å². The zero-order chi connectivity index (χ0) is 8.97. The smallest absolute Gasteiger partial charge is 0.195 e. The molecular formula is C8H15N3S. The highest BCUT2D eigenvalue weighted by Crippen LogP contribution is 2.16. The van der Waals surface area contributed by atoms with E-state index in [4.69, 9.17) is 12.2 Å². The molecule has 0 fully saturated rings. The van der Waals surface area contributed by atoms with Crippen molar-refractivity contribution in [3.63, 3.8) is 0 Å². The van der Waals surface area contributed by atoms with Crippen LogP contribution in [0.25, 0.3) is 0 Å². The van der Waals surface area contributed by atoms with Gasteiger partial charge < -0.3 is 4.57 Å². The number of rotatable bonds is 4. The molecule has 0 aliphatic carbocycles. The average molecular weight is 185 g/mol. The molecule has 0 spiro atoms. The van der Waals surface area contributed by atoms with Gasteiger partial charge >= 0.3 is 0 Å². The zero-order valence-corrected chi connectivity index (χ0v) is 8.40. The van der Waals surface area contributed by atoms with Crippen LogP contribution in [-0.4, -0.2) is 14.8 Å². The van der Waals surface area contributed by atoms with E-state index in [-0.39, 0.29) is 0 Å². The molecule has 0 amide bonds. The van der Waals surface area contributed by atoms with Gasteiger partial charge in [-0.25, -0.2) is 0 Å². The van der Waals surface area contributed by atoms with Crippen molar-refractivity contribution in [1.82, 2.24) is 14.8 Å². The molecule has 1 aromatic rings. The summed E-state index contributed by atoms with van der Waals surface area (Å²) in [6.45, 7) is 4.36. The fraction of sp³-hybridized carbons (Fsp3) is 0.750. The number of nitrogens with zero attached hydrogens (tertiary/aromatic N) is 2. The Bertz CT molecular complexity index is 276. The minimum atomic E-state index is 0.515. The summed E-state index contributed by atoms with van der Waals surface area (Å²) >= 11 is 5.09. The summed E-state index contributed by atoms with van der Waals surface area (Å²) in [4.78, 5) is 0. The molecule has 4 heteroatoms. The van der Waals surface area contributed by atoms with Crippen LogP contribution in [-0.2, 0) is 0 Å². The van der Waals surface area contributed by atoms with Crippen LogP contribution in [0.2, 0.25) is 0 Å². The van der Waals surface area contributed by atoms with E-state index in [2.05, 4.69) is 24.0 Å². The van der Waals surface area contributed by atoms with Gasteiger partial charge in [-0.3, -0.25) is 5.10 Å². The molecule has 68 valence electrons.